The molecule has 154 valence electrons. The van der Waals surface area contributed by atoms with E-state index in [-0.39, 0.29) is 24.1 Å². The van der Waals surface area contributed by atoms with E-state index < -0.39 is 11.0 Å². The van der Waals surface area contributed by atoms with Gasteiger partial charge in [-0.1, -0.05) is 12.1 Å². The van der Waals surface area contributed by atoms with Crippen LogP contribution in [0.25, 0.3) is 0 Å². The SMILES string of the molecule is CCOC(=O)[C@@]12CNCC[C@@H]1O[C@@H]1c3cccc(OCC)c3OC(C)(C)[C@H]1C2. The molecule has 6 heteroatoms. The molecule has 4 atom stereocenters. The van der Waals surface area contributed by atoms with E-state index in [4.69, 9.17) is 18.9 Å². The first-order chi connectivity index (χ1) is 13.4. The smallest absolute Gasteiger partial charge is 0.316 e. The molecule has 0 amide bonds. The fourth-order valence-corrected chi connectivity index (χ4v) is 5.04. The van der Waals surface area contributed by atoms with Crippen molar-refractivity contribution in [2.45, 2.75) is 58.3 Å². The number of carbonyl (C=O) groups is 1. The van der Waals surface area contributed by atoms with Gasteiger partial charge in [-0.25, -0.2) is 0 Å². The van der Waals surface area contributed by atoms with Gasteiger partial charge in [-0.15, -0.1) is 0 Å². The molecular formula is C22H31NO5. The van der Waals surface area contributed by atoms with Crippen molar-refractivity contribution in [1.82, 2.24) is 5.32 Å². The zero-order chi connectivity index (χ0) is 19.9. The second kappa shape index (κ2) is 7.23. The summed E-state index contributed by atoms with van der Waals surface area (Å²) in [6, 6.07) is 5.99. The summed E-state index contributed by atoms with van der Waals surface area (Å²) < 4.78 is 24.4. The van der Waals surface area contributed by atoms with Gasteiger partial charge in [0, 0.05) is 18.0 Å². The zero-order valence-electron chi connectivity index (χ0n) is 17.2. The minimum atomic E-state index is -0.662. The number of hydrogen-bond acceptors (Lipinski definition) is 6. The quantitative estimate of drug-likeness (QED) is 0.798. The molecule has 3 aliphatic heterocycles. The molecule has 4 rings (SSSR count). The maximum atomic E-state index is 13.0. The Bertz CT molecular complexity index is 748. The first kappa shape index (κ1) is 19.5. The maximum Gasteiger partial charge on any atom is 0.316 e. The number of piperidine rings is 1. The Morgan fingerprint density at radius 2 is 2.11 bits per heavy atom. The van der Waals surface area contributed by atoms with E-state index in [0.717, 1.165) is 30.0 Å². The number of carbonyl (C=O) groups excluding carboxylic acids is 1. The summed E-state index contributed by atoms with van der Waals surface area (Å²) in [5.74, 6) is 1.41. The molecule has 0 aliphatic carbocycles. The molecule has 0 spiro atoms. The molecular weight excluding hydrogens is 358 g/mol. The monoisotopic (exact) mass is 389 g/mol. The van der Waals surface area contributed by atoms with E-state index in [9.17, 15) is 4.79 Å². The zero-order valence-corrected chi connectivity index (χ0v) is 17.2. The molecule has 28 heavy (non-hydrogen) atoms. The van der Waals surface area contributed by atoms with Crippen LogP contribution in [0, 0.1) is 11.3 Å². The van der Waals surface area contributed by atoms with Crippen LogP contribution in [0.15, 0.2) is 18.2 Å². The van der Waals surface area contributed by atoms with Gasteiger partial charge in [0.15, 0.2) is 11.5 Å². The maximum absolute atomic E-state index is 13.0. The number of ether oxygens (including phenoxy) is 4. The highest BCUT2D eigenvalue weighted by molar-refractivity contribution is 5.78. The van der Waals surface area contributed by atoms with Crippen molar-refractivity contribution in [3.63, 3.8) is 0 Å². The van der Waals surface area contributed by atoms with Crippen LogP contribution in [0.4, 0.5) is 0 Å². The lowest BCUT2D eigenvalue weighted by Gasteiger charge is -2.56. The van der Waals surface area contributed by atoms with Crippen LogP contribution in [0.1, 0.15) is 52.2 Å². The Morgan fingerprint density at radius 1 is 1.29 bits per heavy atom. The van der Waals surface area contributed by atoms with Crippen molar-refractivity contribution in [2.24, 2.45) is 11.3 Å². The first-order valence-corrected chi connectivity index (χ1v) is 10.4. The van der Waals surface area contributed by atoms with Gasteiger partial charge in [-0.2, -0.15) is 0 Å². The van der Waals surface area contributed by atoms with Crippen molar-refractivity contribution >= 4 is 5.97 Å². The minimum absolute atomic E-state index is 0.0393. The summed E-state index contributed by atoms with van der Waals surface area (Å²) >= 11 is 0. The third-order valence-corrected chi connectivity index (χ3v) is 6.46. The molecule has 0 radical (unpaired) electrons. The third-order valence-electron chi connectivity index (χ3n) is 6.46. The Balaban J connectivity index is 1.75. The highest BCUT2D eigenvalue weighted by Gasteiger charge is 2.60. The molecule has 6 nitrogen and oxygen atoms in total. The number of esters is 1. The molecule has 1 aromatic rings. The lowest BCUT2D eigenvalue weighted by Crippen LogP contribution is -2.63. The Labute approximate surface area is 166 Å². The van der Waals surface area contributed by atoms with E-state index >= 15 is 0 Å². The highest BCUT2D eigenvalue weighted by atomic mass is 16.6. The Kier molecular flexibility index (Phi) is 5.04. The van der Waals surface area contributed by atoms with Gasteiger partial charge in [0.05, 0.1) is 25.4 Å². The Hall–Kier alpha value is -1.79. The predicted molar refractivity (Wildman–Crippen MR) is 105 cm³/mol. The third kappa shape index (κ3) is 2.98. The van der Waals surface area contributed by atoms with Crippen LogP contribution in [0.5, 0.6) is 11.5 Å². The summed E-state index contributed by atoms with van der Waals surface area (Å²) in [5.41, 5.74) is -0.135. The molecule has 2 saturated heterocycles. The van der Waals surface area contributed by atoms with Crippen molar-refractivity contribution in [3.8, 4) is 11.5 Å². The number of rotatable bonds is 4. The lowest BCUT2D eigenvalue weighted by atomic mass is 9.63. The average molecular weight is 389 g/mol. The second-order valence-electron chi connectivity index (χ2n) is 8.51. The molecule has 3 heterocycles. The molecule has 1 aromatic carbocycles. The van der Waals surface area contributed by atoms with Crippen molar-refractivity contribution in [1.29, 1.82) is 0 Å². The molecule has 2 fully saturated rings. The van der Waals surface area contributed by atoms with Crippen LogP contribution in [0.3, 0.4) is 0 Å². The van der Waals surface area contributed by atoms with E-state index in [0.29, 0.717) is 26.2 Å². The number of nitrogens with one attached hydrogen (secondary N) is 1. The predicted octanol–water partition coefficient (Wildman–Crippen LogP) is 3.25. The fourth-order valence-electron chi connectivity index (χ4n) is 5.04. The van der Waals surface area contributed by atoms with E-state index in [1.165, 1.54) is 0 Å². The summed E-state index contributed by atoms with van der Waals surface area (Å²) in [5, 5.41) is 3.39. The van der Waals surface area contributed by atoms with Crippen LogP contribution < -0.4 is 14.8 Å². The van der Waals surface area contributed by atoms with Gasteiger partial charge >= 0.3 is 5.97 Å². The van der Waals surface area contributed by atoms with Crippen LogP contribution in [0.2, 0.25) is 0 Å². The van der Waals surface area contributed by atoms with Gasteiger partial charge in [0.25, 0.3) is 0 Å². The van der Waals surface area contributed by atoms with E-state index in [2.05, 4.69) is 25.2 Å². The van der Waals surface area contributed by atoms with Gasteiger partial charge in [-0.05, 0) is 53.1 Å². The average Bonchev–Trinajstić information content (AvgIpc) is 2.68. The van der Waals surface area contributed by atoms with Crippen LogP contribution in [-0.4, -0.2) is 44.0 Å². The summed E-state index contributed by atoms with van der Waals surface area (Å²) in [4.78, 5) is 13.0. The van der Waals surface area contributed by atoms with E-state index in [1.807, 2.05) is 26.0 Å². The molecule has 0 bridgehead atoms. The number of hydrogen-bond donors (Lipinski definition) is 1. The second-order valence-corrected chi connectivity index (χ2v) is 8.51. The molecule has 0 aromatic heterocycles. The normalized spacial score (nSPS) is 32.9. The summed E-state index contributed by atoms with van der Waals surface area (Å²) in [7, 11) is 0. The van der Waals surface area contributed by atoms with Crippen molar-refractivity contribution < 1.29 is 23.7 Å². The largest absolute Gasteiger partial charge is 0.490 e. The molecule has 3 aliphatic rings. The number of para-hydroxylation sites is 1. The van der Waals surface area contributed by atoms with Crippen molar-refractivity contribution in [3.05, 3.63) is 23.8 Å². The van der Waals surface area contributed by atoms with Gasteiger partial charge in [0.1, 0.15) is 11.0 Å². The lowest BCUT2D eigenvalue weighted by molar-refractivity contribution is -0.223. The fraction of sp³-hybridized carbons (Fsp3) is 0.682. The standard InChI is InChI=1S/C22H31NO5/c1-5-25-16-9-7-8-14-18-15(21(3,4)28-19(14)16)12-22(20(24)26-6-2)13-23-11-10-17(22)27-18/h7-9,15,17-18,23H,5-6,10-13H2,1-4H3/t15-,17-,18+,22-/m0/s1. The van der Waals surface area contributed by atoms with Gasteiger partial charge in [-0.3, -0.25) is 4.79 Å². The first-order valence-electron chi connectivity index (χ1n) is 10.4. The number of benzene rings is 1. The molecule has 0 unspecified atom stereocenters. The Morgan fingerprint density at radius 3 is 2.86 bits per heavy atom. The van der Waals surface area contributed by atoms with Gasteiger partial charge in [0.2, 0.25) is 0 Å². The number of fused-ring (bicyclic) bond motifs is 4. The van der Waals surface area contributed by atoms with E-state index in [1.54, 1.807) is 0 Å². The summed E-state index contributed by atoms with van der Waals surface area (Å²) in [6.07, 6.45) is 1.19. The van der Waals surface area contributed by atoms with Crippen molar-refractivity contribution in [2.75, 3.05) is 26.3 Å². The minimum Gasteiger partial charge on any atom is -0.490 e. The molecule has 1 N–H and O–H groups in total. The van der Waals surface area contributed by atoms with Crippen LogP contribution in [-0.2, 0) is 14.3 Å². The topological polar surface area (TPSA) is 66.0 Å². The summed E-state index contributed by atoms with van der Waals surface area (Å²) in [6.45, 7) is 10.4. The molecule has 0 saturated carbocycles. The van der Waals surface area contributed by atoms with Gasteiger partial charge < -0.3 is 24.3 Å². The highest BCUT2D eigenvalue weighted by Crippen LogP contribution is 2.57. The van der Waals surface area contributed by atoms with Crippen LogP contribution >= 0.6 is 0 Å².